The number of hydrogen-bond acceptors (Lipinski definition) is 2. The molecule has 1 heterocycles. The Bertz CT molecular complexity index is 456. The lowest BCUT2D eigenvalue weighted by Gasteiger charge is -2.19. The molecule has 1 aliphatic heterocycles. The summed E-state index contributed by atoms with van der Waals surface area (Å²) < 4.78 is 54.8. The Kier molecular flexibility index (Phi) is 2.25. The lowest BCUT2D eigenvalue weighted by Crippen LogP contribution is -2.26. The van der Waals surface area contributed by atoms with Crippen molar-refractivity contribution < 1.29 is 27.1 Å². The maximum atomic E-state index is 13.1. The van der Waals surface area contributed by atoms with Crippen molar-refractivity contribution in [2.24, 2.45) is 0 Å². The van der Waals surface area contributed by atoms with Crippen LogP contribution in [0.25, 0.3) is 0 Å². The molecule has 0 saturated carbocycles. The molecular weight excluding hydrogens is 230 g/mol. The largest absolute Gasteiger partial charge is 0.482 e. The molecule has 1 N–H and O–H groups in total. The molecule has 1 aromatic carbocycles. The Morgan fingerprint density at radius 2 is 2.00 bits per heavy atom. The Labute approximate surface area is 87.0 Å². The van der Waals surface area contributed by atoms with Crippen LogP contribution >= 0.6 is 0 Å². The maximum absolute atomic E-state index is 13.1. The van der Waals surface area contributed by atoms with Crippen LogP contribution < -0.4 is 10.1 Å². The predicted molar refractivity (Wildman–Crippen MR) is 45.5 cm³/mol. The number of alkyl halides is 3. The number of carbonyl (C=O) groups excluding carboxylic acids is 1. The van der Waals surface area contributed by atoms with Crippen molar-refractivity contribution in [3.63, 3.8) is 0 Å². The second-order valence-electron chi connectivity index (χ2n) is 3.16. The molecule has 16 heavy (non-hydrogen) atoms. The van der Waals surface area contributed by atoms with Gasteiger partial charge in [0.2, 0.25) is 0 Å². The van der Waals surface area contributed by atoms with Crippen molar-refractivity contribution in [3.8, 4) is 5.75 Å². The van der Waals surface area contributed by atoms with E-state index in [9.17, 15) is 22.4 Å². The number of halogens is 4. The average Bonchev–Trinajstić information content (AvgIpc) is 2.14. The van der Waals surface area contributed by atoms with Crippen LogP contribution in [0.15, 0.2) is 12.1 Å². The molecule has 1 amide bonds. The van der Waals surface area contributed by atoms with Crippen LogP contribution in [0.5, 0.6) is 5.75 Å². The number of fused-ring (bicyclic) bond motifs is 1. The minimum Gasteiger partial charge on any atom is -0.482 e. The fourth-order valence-corrected chi connectivity index (χ4v) is 1.32. The Hall–Kier alpha value is -1.79. The first kappa shape index (κ1) is 10.7. The van der Waals surface area contributed by atoms with Gasteiger partial charge < -0.3 is 10.1 Å². The molecule has 3 nitrogen and oxygen atoms in total. The molecule has 0 bridgehead atoms. The maximum Gasteiger partial charge on any atom is 0.419 e. The van der Waals surface area contributed by atoms with Crippen molar-refractivity contribution in [2.75, 3.05) is 11.9 Å². The van der Waals surface area contributed by atoms with Crippen LogP contribution in [-0.4, -0.2) is 12.5 Å². The summed E-state index contributed by atoms with van der Waals surface area (Å²) in [5, 5.41) is 2.21. The molecule has 0 spiro atoms. The van der Waals surface area contributed by atoms with E-state index in [1.165, 1.54) is 0 Å². The molecule has 7 heteroatoms. The van der Waals surface area contributed by atoms with Crippen LogP contribution in [0.4, 0.5) is 23.2 Å². The highest BCUT2D eigenvalue weighted by Crippen LogP contribution is 2.38. The van der Waals surface area contributed by atoms with Crippen molar-refractivity contribution in [1.82, 2.24) is 0 Å². The molecule has 0 radical (unpaired) electrons. The van der Waals surface area contributed by atoms with Crippen molar-refractivity contribution in [2.45, 2.75) is 6.18 Å². The fourth-order valence-electron chi connectivity index (χ4n) is 1.32. The van der Waals surface area contributed by atoms with E-state index in [1.54, 1.807) is 0 Å². The molecule has 0 saturated heterocycles. The molecule has 0 atom stereocenters. The zero-order chi connectivity index (χ0) is 11.9. The van der Waals surface area contributed by atoms with E-state index in [-0.39, 0.29) is 18.0 Å². The van der Waals surface area contributed by atoms with Crippen LogP contribution in [-0.2, 0) is 11.0 Å². The van der Waals surface area contributed by atoms with Crippen molar-refractivity contribution in [1.29, 1.82) is 0 Å². The number of anilines is 1. The van der Waals surface area contributed by atoms with Crippen LogP contribution in [0.1, 0.15) is 5.56 Å². The second kappa shape index (κ2) is 3.36. The molecule has 2 rings (SSSR count). The SMILES string of the molecule is O=C1COc2cc(C(F)(F)F)c(F)cc2N1. The summed E-state index contributed by atoms with van der Waals surface area (Å²) in [5.41, 5.74) is -1.51. The third-order valence-corrected chi connectivity index (χ3v) is 2.01. The van der Waals surface area contributed by atoms with Gasteiger partial charge in [0, 0.05) is 6.07 Å². The Balaban J connectivity index is 2.50. The normalized spacial score (nSPS) is 15.1. The van der Waals surface area contributed by atoms with E-state index in [0.717, 1.165) is 0 Å². The van der Waals surface area contributed by atoms with Gasteiger partial charge in [-0.05, 0) is 6.07 Å². The summed E-state index contributed by atoms with van der Waals surface area (Å²) in [6.45, 7) is -0.379. The average molecular weight is 235 g/mol. The Morgan fingerprint density at radius 1 is 1.31 bits per heavy atom. The lowest BCUT2D eigenvalue weighted by atomic mass is 10.1. The molecule has 1 aromatic rings. The van der Waals surface area contributed by atoms with Crippen molar-refractivity contribution >= 4 is 11.6 Å². The summed E-state index contributed by atoms with van der Waals surface area (Å²) in [7, 11) is 0. The smallest absolute Gasteiger partial charge is 0.419 e. The van der Waals surface area contributed by atoms with Crippen LogP contribution in [0.3, 0.4) is 0 Å². The lowest BCUT2D eigenvalue weighted by molar-refractivity contribution is -0.140. The number of amides is 1. The van der Waals surface area contributed by atoms with E-state index >= 15 is 0 Å². The highest BCUT2D eigenvalue weighted by Gasteiger charge is 2.36. The zero-order valence-corrected chi connectivity index (χ0v) is 7.69. The number of nitrogens with one attached hydrogen (secondary N) is 1. The molecular formula is C9H5F4NO2. The first-order valence-corrected chi connectivity index (χ1v) is 4.21. The third kappa shape index (κ3) is 1.80. The summed E-state index contributed by atoms with van der Waals surface area (Å²) in [5.74, 6) is -2.17. The topological polar surface area (TPSA) is 38.3 Å². The number of hydrogen-bond donors (Lipinski definition) is 1. The van der Waals surface area contributed by atoms with Gasteiger partial charge >= 0.3 is 6.18 Å². The molecule has 86 valence electrons. The first-order valence-electron chi connectivity index (χ1n) is 4.21. The highest BCUT2D eigenvalue weighted by molar-refractivity contribution is 5.95. The number of rotatable bonds is 0. The molecule has 0 aromatic heterocycles. The second-order valence-corrected chi connectivity index (χ2v) is 3.16. The molecule has 0 aliphatic carbocycles. The van der Waals surface area contributed by atoms with Gasteiger partial charge in [-0.15, -0.1) is 0 Å². The summed E-state index contributed by atoms with van der Waals surface area (Å²) in [6.07, 6.45) is -4.79. The first-order chi connectivity index (χ1) is 7.38. The third-order valence-electron chi connectivity index (χ3n) is 2.01. The minimum absolute atomic E-state index is 0.0956. The highest BCUT2D eigenvalue weighted by atomic mass is 19.4. The van der Waals surface area contributed by atoms with Gasteiger partial charge in [0.25, 0.3) is 5.91 Å². The van der Waals surface area contributed by atoms with Crippen LogP contribution in [0, 0.1) is 5.82 Å². The van der Waals surface area contributed by atoms with Gasteiger partial charge in [-0.1, -0.05) is 0 Å². The van der Waals surface area contributed by atoms with Gasteiger partial charge in [-0.3, -0.25) is 4.79 Å². The van der Waals surface area contributed by atoms with E-state index < -0.39 is 23.5 Å². The van der Waals surface area contributed by atoms with E-state index in [0.29, 0.717) is 12.1 Å². The molecule has 0 unspecified atom stereocenters. The summed E-state index contributed by atoms with van der Waals surface area (Å²) >= 11 is 0. The van der Waals surface area contributed by atoms with E-state index in [1.807, 2.05) is 0 Å². The summed E-state index contributed by atoms with van der Waals surface area (Å²) in [4.78, 5) is 10.8. The van der Waals surface area contributed by atoms with Gasteiger partial charge in [0.05, 0.1) is 11.3 Å². The number of carbonyl (C=O) groups is 1. The quantitative estimate of drug-likeness (QED) is 0.700. The van der Waals surface area contributed by atoms with Gasteiger partial charge in [0.1, 0.15) is 11.6 Å². The minimum atomic E-state index is -4.79. The van der Waals surface area contributed by atoms with Crippen LogP contribution in [0.2, 0.25) is 0 Å². The fraction of sp³-hybridized carbons (Fsp3) is 0.222. The van der Waals surface area contributed by atoms with Gasteiger partial charge in [-0.2, -0.15) is 13.2 Å². The predicted octanol–water partition coefficient (Wildman–Crippen LogP) is 2.18. The standard InChI is InChI=1S/C9H5F4NO2/c10-5-2-6-7(16-3-8(15)14-6)1-4(5)9(11,12)13/h1-2H,3H2,(H,14,15). The van der Waals surface area contributed by atoms with Gasteiger partial charge in [0.15, 0.2) is 6.61 Å². The zero-order valence-electron chi connectivity index (χ0n) is 7.69. The molecule has 0 fully saturated rings. The molecule has 1 aliphatic rings. The van der Waals surface area contributed by atoms with E-state index in [2.05, 4.69) is 5.32 Å². The number of ether oxygens (including phenoxy) is 1. The summed E-state index contributed by atoms with van der Waals surface area (Å²) in [6, 6.07) is 1.12. The Morgan fingerprint density at radius 3 is 2.62 bits per heavy atom. The van der Waals surface area contributed by atoms with E-state index in [4.69, 9.17) is 4.74 Å². The number of benzene rings is 1. The van der Waals surface area contributed by atoms with Crippen molar-refractivity contribution in [3.05, 3.63) is 23.5 Å². The monoisotopic (exact) mass is 235 g/mol. The van der Waals surface area contributed by atoms with Gasteiger partial charge in [-0.25, -0.2) is 4.39 Å².